The number of fused-ring (bicyclic) bond motifs is 1. The first-order valence-electron chi connectivity index (χ1n) is 13.2. The summed E-state index contributed by atoms with van der Waals surface area (Å²) in [6.07, 6.45) is -0.525. The summed E-state index contributed by atoms with van der Waals surface area (Å²) in [5, 5.41) is 33.5. The molecule has 3 unspecified atom stereocenters. The lowest BCUT2D eigenvalue weighted by molar-refractivity contribution is -0.205. The highest BCUT2D eigenvalue weighted by Gasteiger charge is 2.53. The number of halogens is 1. The molecule has 3 aliphatic heterocycles. The van der Waals surface area contributed by atoms with Gasteiger partial charge < -0.3 is 34.8 Å². The standard InChI is InChI=1S/C26H43ClN2O8S/c1-7-8-14-9-10-35-21-15(11-14)12-29(25(34)37-26(3,4)5)17(21)23(33)28-16(13(2)27)22-19(31)18(30)20(32)24(36-22)38-6/h7,13-22,24,30-32H,1,8-12H2,2-6H3,(H,28,33)/t13-,14+,15-,16+,17-,18?,19?,20+,21+,22+,24?/m0/s1. The van der Waals surface area contributed by atoms with E-state index >= 15 is 0 Å². The maximum Gasteiger partial charge on any atom is 0.411 e. The average Bonchev–Trinajstić information content (AvgIpc) is 3.07. The molecule has 218 valence electrons. The van der Waals surface area contributed by atoms with Gasteiger partial charge >= 0.3 is 6.09 Å². The molecule has 0 aromatic heterocycles. The number of amides is 2. The number of carbonyl (C=O) groups excluding carboxylic acids is 2. The number of hydrogen-bond donors (Lipinski definition) is 4. The molecule has 0 saturated carbocycles. The zero-order valence-electron chi connectivity index (χ0n) is 22.8. The van der Waals surface area contributed by atoms with E-state index in [-0.39, 0.29) is 5.92 Å². The average molecular weight is 579 g/mol. The third-order valence-corrected chi connectivity index (χ3v) is 8.53. The molecule has 0 aromatic carbocycles. The number of thioether (sulfide) groups is 1. The van der Waals surface area contributed by atoms with Crippen LogP contribution in [0.5, 0.6) is 0 Å². The van der Waals surface area contributed by atoms with Crippen molar-refractivity contribution in [2.75, 3.05) is 19.4 Å². The van der Waals surface area contributed by atoms with E-state index in [1.165, 1.54) is 16.7 Å². The van der Waals surface area contributed by atoms with Crippen molar-refractivity contribution in [3.63, 3.8) is 0 Å². The predicted octanol–water partition coefficient (Wildman–Crippen LogP) is 1.88. The van der Waals surface area contributed by atoms with Gasteiger partial charge in [-0.2, -0.15) is 0 Å². The zero-order valence-corrected chi connectivity index (χ0v) is 24.4. The van der Waals surface area contributed by atoms with E-state index in [2.05, 4.69) is 11.9 Å². The summed E-state index contributed by atoms with van der Waals surface area (Å²) in [7, 11) is 0. The van der Waals surface area contributed by atoms with Crippen LogP contribution in [-0.4, -0.2) is 111 Å². The molecular formula is C26H43ClN2O8S. The molecule has 3 heterocycles. The van der Waals surface area contributed by atoms with Crippen molar-refractivity contribution in [3.05, 3.63) is 12.7 Å². The molecule has 3 rings (SSSR count). The van der Waals surface area contributed by atoms with Crippen molar-refractivity contribution in [3.8, 4) is 0 Å². The lowest BCUT2D eigenvalue weighted by Gasteiger charge is -2.44. The van der Waals surface area contributed by atoms with Gasteiger partial charge in [0.25, 0.3) is 0 Å². The van der Waals surface area contributed by atoms with Crippen LogP contribution in [0.2, 0.25) is 0 Å². The highest BCUT2D eigenvalue weighted by atomic mass is 35.5. The third kappa shape index (κ3) is 7.16. The molecule has 2 amide bonds. The quantitative estimate of drug-likeness (QED) is 0.263. The molecule has 10 nitrogen and oxygen atoms in total. The summed E-state index contributed by atoms with van der Waals surface area (Å²) in [5.41, 5.74) is -1.58. The smallest absolute Gasteiger partial charge is 0.411 e. The van der Waals surface area contributed by atoms with Crippen LogP contribution in [-0.2, 0) is 19.0 Å². The van der Waals surface area contributed by atoms with Gasteiger partial charge in [-0.3, -0.25) is 9.69 Å². The van der Waals surface area contributed by atoms with E-state index in [0.717, 1.165) is 19.3 Å². The lowest BCUT2D eigenvalue weighted by Crippen LogP contribution is -2.65. The fourth-order valence-electron chi connectivity index (χ4n) is 5.58. The Kier molecular flexibility index (Phi) is 10.8. The number of hydrogen-bond acceptors (Lipinski definition) is 9. The summed E-state index contributed by atoms with van der Waals surface area (Å²) in [4.78, 5) is 28.6. The van der Waals surface area contributed by atoms with E-state index in [1.54, 1.807) is 34.0 Å². The van der Waals surface area contributed by atoms with Crippen LogP contribution in [0.4, 0.5) is 4.79 Å². The number of carbonyl (C=O) groups is 2. The summed E-state index contributed by atoms with van der Waals surface area (Å²) in [6, 6.07) is -1.92. The molecule has 3 saturated heterocycles. The SMILES string of the molecule is C=CC[C@@H]1CCO[C@@H]2[C@@H](C1)CN(C(=O)OC(C)(C)C)[C@@H]2C(=O)N[C@H]([C@H](C)Cl)[C@H]1OC(SC)[C@H](O)C(O)C1O. The molecule has 0 aliphatic carbocycles. The molecule has 11 atom stereocenters. The number of alkyl halides is 1. The summed E-state index contributed by atoms with van der Waals surface area (Å²) in [6.45, 7) is 11.5. The monoisotopic (exact) mass is 578 g/mol. The van der Waals surface area contributed by atoms with Gasteiger partial charge in [0.1, 0.15) is 41.5 Å². The maximum atomic E-state index is 13.9. The van der Waals surface area contributed by atoms with E-state index in [9.17, 15) is 24.9 Å². The van der Waals surface area contributed by atoms with Gasteiger partial charge in [-0.15, -0.1) is 29.9 Å². The second-order valence-electron chi connectivity index (χ2n) is 11.5. The largest absolute Gasteiger partial charge is 0.444 e. The van der Waals surface area contributed by atoms with Crippen molar-refractivity contribution in [2.24, 2.45) is 11.8 Å². The third-order valence-electron chi connectivity index (χ3n) is 7.41. The van der Waals surface area contributed by atoms with Crippen LogP contribution in [0, 0.1) is 11.8 Å². The van der Waals surface area contributed by atoms with Gasteiger partial charge in [0.2, 0.25) is 5.91 Å². The number of allylic oxidation sites excluding steroid dienone is 1. The molecule has 4 N–H and O–H groups in total. The van der Waals surface area contributed by atoms with Crippen molar-refractivity contribution < 1.29 is 39.1 Å². The Morgan fingerprint density at radius 3 is 2.53 bits per heavy atom. The molecule has 0 spiro atoms. The lowest BCUT2D eigenvalue weighted by atomic mass is 9.88. The van der Waals surface area contributed by atoms with Gasteiger partial charge in [-0.25, -0.2) is 4.79 Å². The molecule has 38 heavy (non-hydrogen) atoms. The second-order valence-corrected chi connectivity index (χ2v) is 13.1. The topological polar surface area (TPSA) is 138 Å². The van der Waals surface area contributed by atoms with Crippen molar-refractivity contribution in [2.45, 2.75) is 106 Å². The Hall–Kier alpha value is -1.08. The summed E-state index contributed by atoms with van der Waals surface area (Å²) < 4.78 is 17.7. The molecule has 3 fully saturated rings. The van der Waals surface area contributed by atoms with E-state index < -0.39 is 71.0 Å². The molecule has 0 radical (unpaired) electrons. The fourth-order valence-corrected chi connectivity index (χ4v) is 6.47. The van der Waals surface area contributed by atoms with Crippen LogP contribution in [0.15, 0.2) is 12.7 Å². The Bertz CT molecular complexity index is 841. The number of likely N-dealkylation sites (tertiary alicyclic amines) is 1. The number of ether oxygens (including phenoxy) is 3. The first kappa shape index (κ1) is 31.4. The first-order chi connectivity index (χ1) is 17.8. The highest BCUT2D eigenvalue weighted by molar-refractivity contribution is 7.99. The minimum Gasteiger partial charge on any atom is -0.444 e. The Balaban J connectivity index is 1.88. The second kappa shape index (κ2) is 13.1. The molecule has 12 heteroatoms. The number of rotatable bonds is 7. The van der Waals surface area contributed by atoms with Crippen LogP contribution in [0.25, 0.3) is 0 Å². The Labute approximate surface area is 234 Å². The van der Waals surface area contributed by atoms with Crippen LogP contribution < -0.4 is 5.32 Å². The van der Waals surface area contributed by atoms with Crippen molar-refractivity contribution >= 4 is 35.4 Å². The predicted molar refractivity (Wildman–Crippen MR) is 145 cm³/mol. The number of aliphatic hydroxyl groups excluding tert-OH is 3. The van der Waals surface area contributed by atoms with Crippen LogP contribution in [0.1, 0.15) is 47.0 Å². The molecular weight excluding hydrogens is 536 g/mol. The minimum absolute atomic E-state index is 0.0769. The van der Waals surface area contributed by atoms with Gasteiger partial charge in [0.05, 0.1) is 17.5 Å². The van der Waals surface area contributed by atoms with Crippen LogP contribution >= 0.6 is 23.4 Å². The molecule has 3 aliphatic rings. The minimum atomic E-state index is -1.49. The molecule has 0 bridgehead atoms. The summed E-state index contributed by atoms with van der Waals surface area (Å²) in [5.74, 6) is -0.255. The van der Waals surface area contributed by atoms with Crippen molar-refractivity contribution in [1.29, 1.82) is 0 Å². The fraction of sp³-hybridized carbons (Fsp3) is 0.846. The zero-order chi connectivity index (χ0) is 28.4. The van der Waals surface area contributed by atoms with E-state index in [0.29, 0.717) is 19.1 Å². The van der Waals surface area contributed by atoms with E-state index in [1.807, 2.05) is 6.08 Å². The van der Waals surface area contributed by atoms with Gasteiger partial charge in [-0.05, 0) is 59.1 Å². The normalized spacial score (nSPS) is 37.5. The number of nitrogens with zero attached hydrogens (tertiary/aromatic N) is 1. The highest BCUT2D eigenvalue weighted by Crippen LogP contribution is 2.37. The van der Waals surface area contributed by atoms with E-state index in [4.69, 9.17) is 25.8 Å². The Morgan fingerprint density at radius 2 is 1.95 bits per heavy atom. The van der Waals surface area contributed by atoms with Crippen molar-refractivity contribution in [1.82, 2.24) is 10.2 Å². The summed E-state index contributed by atoms with van der Waals surface area (Å²) >= 11 is 7.64. The van der Waals surface area contributed by atoms with Gasteiger partial charge in [0, 0.05) is 19.1 Å². The maximum absolute atomic E-state index is 13.9. The first-order valence-corrected chi connectivity index (χ1v) is 14.9. The number of aliphatic hydroxyl groups is 3. The van der Waals surface area contributed by atoms with Gasteiger partial charge in [0.15, 0.2) is 0 Å². The number of nitrogens with one attached hydrogen (secondary N) is 1. The molecule has 0 aromatic rings. The van der Waals surface area contributed by atoms with Crippen LogP contribution in [0.3, 0.4) is 0 Å². The van der Waals surface area contributed by atoms with Gasteiger partial charge in [-0.1, -0.05) is 6.08 Å². The Morgan fingerprint density at radius 1 is 1.26 bits per heavy atom.